The van der Waals surface area contributed by atoms with Gasteiger partial charge in [-0.05, 0) is 19.8 Å². The second kappa shape index (κ2) is 38.9. The third-order valence-corrected chi connectivity index (χ3v) is 2.79. The molecule has 25 heavy (non-hydrogen) atoms. The summed E-state index contributed by atoms with van der Waals surface area (Å²) >= 11 is 0. The summed E-state index contributed by atoms with van der Waals surface area (Å²) in [4.78, 5) is 0. The van der Waals surface area contributed by atoms with Gasteiger partial charge in [-0.1, -0.05) is 52.4 Å². The Morgan fingerprint density at radius 3 is 1.40 bits per heavy atom. The molecule has 0 rings (SSSR count). The first-order valence-electron chi connectivity index (χ1n) is 9.56. The number of aliphatic hydroxyl groups is 3. The van der Waals surface area contributed by atoms with Crippen LogP contribution in [0, 0.1) is 0 Å². The quantitative estimate of drug-likeness (QED) is 0.340. The van der Waals surface area contributed by atoms with Gasteiger partial charge in [0.15, 0.2) is 0 Å². The van der Waals surface area contributed by atoms with Gasteiger partial charge in [-0.3, -0.25) is 0 Å². The van der Waals surface area contributed by atoms with Crippen molar-refractivity contribution in [3.05, 3.63) is 13.2 Å². The van der Waals surface area contributed by atoms with E-state index in [1.807, 2.05) is 0 Å². The van der Waals surface area contributed by atoms with Crippen LogP contribution in [0.25, 0.3) is 0 Å². The molecule has 5 nitrogen and oxygen atoms in total. The van der Waals surface area contributed by atoms with Crippen molar-refractivity contribution in [1.82, 2.24) is 0 Å². The van der Waals surface area contributed by atoms with Gasteiger partial charge in [0.2, 0.25) is 0 Å². The lowest BCUT2D eigenvalue weighted by molar-refractivity contribution is 0.0765. The Morgan fingerprint density at radius 2 is 1.20 bits per heavy atom. The molecule has 0 saturated carbocycles. The van der Waals surface area contributed by atoms with Crippen molar-refractivity contribution in [3.63, 3.8) is 0 Å². The van der Waals surface area contributed by atoms with E-state index in [1.54, 1.807) is 14.0 Å². The molecule has 156 valence electrons. The first-order chi connectivity index (χ1) is 12.1. The van der Waals surface area contributed by atoms with Crippen molar-refractivity contribution in [2.75, 3.05) is 40.1 Å². The molecule has 0 aromatic rings. The molecule has 0 aromatic carbocycles. The van der Waals surface area contributed by atoms with Crippen molar-refractivity contribution in [2.45, 2.75) is 78.2 Å². The topological polar surface area (TPSA) is 79.2 Å². The number of hydrogen-bond donors (Lipinski definition) is 3. The highest BCUT2D eigenvalue weighted by Gasteiger charge is 1.90. The molecule has 0 aromatic heterocycles. The number of hydrogen-bond acceptors (Lipinski definition) is 5. The normalized spacial score (nSPS) is 10.4. The molecule has 0 aliphatic carbocycles. The van der Waals surface area contributed by atoms with E-state index in [4.69, 9.17) is 20.1 Å². The molecule has 1 atom stereocenters. The molecule has 0 fully saturated rings. The second-order valence-corrected chi connectivity index (χ2v) is 5.49. The van der Waals surface area contributed by atoms with E-state index in [0.717, 1.165) is 13.2 Å². The maximum absolute atomic E-state index is 8.43. The van der Waals surface area contributed by atoms with Gasteiger partial charge in [-0.2, -0.15) is 0 Å². The van der Waals surface area contributed by atoms with Crippen molar-refractivity contribution in [1.29, 1.82) is 0 Å². The number of rotatable bonds is 13. The van der Waals surface area contributed by atoms with Gasteiger partial charge < -0.3 is 24.8 Å². The summed E-state index contributed by atoms with van der Waals surface area (Å²) in [6, 6.07) is 0. The minimum atomic E-state index is -0.324. The van der Waals surface area contributed by atoms with Crippen LogP contribution in [-0.4, -0.2) is 61.6 Å². The van der Waals surface area contributed by atoms with Crippen LogP contribution in [-0.2, 0) is 9.47 Å². The lowest BCUT2D eigenvalue weighted by Gasteiger charge is -2.03. The van der Waals surface area contributed by atoms with E-state index in [1.165, 1.54) is 51.4 Å². The highest BCUT2D eigenvalue weighted by molar-refractivity contribution is 4.42. The smallest absolute Gasteiger partial charge is 0.0745 e. The number of methoxy groups -OCH3 is 1. The molecular formula is C20H46O5. The van der Waals surface area contributed by atoms with Crippen LogP contribution in [0.3, 0.4) is 0 Å². The fourth-order valence-electron chi connectivity index (χ4n) is 1.61. The maximum atomic E-state index is 8.43. The first-order valence-corrected chi connectivity index (χ1v) is 9.56. The zero-order chi connectivity index (χ0) is 20.2. The number of aliphatic hydroxyl groups excluding tert-OH is 3. The molecule has 0 aliphatic rings. The van der Waals surface area contributed by atoms with E-state index in [9.17, 15) is 0 Å². The molecule has 0 saturated heterocycles. The lowest BCUT2D eigenvalue weighted by Crippen LogP contribution is -2.07. The molecule has 0 amide bonds. The van der Waals surface area contributed by atoms with Gasteiger partial charge in [0.25, 0.3) is 0 Å². The molecule has 0 radical (unpaired) electrons. The van der Waals surface area contributed by atoms with Crippen LogP contribution >= 0.6 is 0 Å². The van der Waals surface area contributed by atoms with E-state index in [-0.39, 0.29) is 19.3 Å². The Balaban J connectivity index is -0.000000152. The summed E-state index contributed by atoms with van der Waals surface area (Å²) in [5, 5.41) is 23.7. The Labute approximate surface area is 157 Å². The Bertz CT molecular complexity index is 165. The van der Waals surface area contributed by atoms with Crippen LogP contribution in [0.2, 0.25) is 0 Å². The monoisotopic (exact) mass is 366 g/mol. The molecule has 0 bridgehead atoms. The third kappa shape index (κ3) is 59.6. The molecule has 1 unspecified atom stereocenters. The highest BCUT2D eigenvalue weighted by Crippen LogP contribution is 2.01. The van der Waals surface area contributed by atoms with Crippen molar-refractivity contribution in [2.24, 2.45) is 0 Å². The Morgan fingerprint density at radius 1 is 0.800 bits per heavy atom. The van der Waals surface area contributed by atoms with Gasteiger partial charge >= 0.3 is 0 Å². The third-order valence-electron chi connectivity index (χ3n) is 2.79. The van der Waals surface area contributed by atoms with E-state index < -0.39 is 0 Å². The summed E-state index contributed by atoms with van der Waals surface area (Å²) < 4.78 is 10.1. The molecule has 0 spiro atoms. The average Bonchev–Trinajstić information content (AvgIpc) is 2.63. The van der Waals surface area contributed by atoms with E-state index >= 15 is 0 Å². The maximum Gasteiger partial charge on any atom is 0.0745 e. The number of unbranched alkanes of at least 4 members (excludes halogenated alkanes) is 6. The average molecular weight is 367 g/mol. The summed E-state index contributed by atoms with van der Waals surface area (Å²) in [6.07, 6.45) is 10.2. The fourth-order valence-corrected chi connectivity index (χ4v) is 1.61. The summed E-state index contributed by atoms with van der Waals surface area (Å²) in [6.45, 7) is 14.3. The van der Waals surface area contributed by atoms with Crippen LogP contribution < -0.4 is 0 Å². The minimum Gasteiger partial charge on any atom is -0.394 e. The standard InChI is InChI=1S/C12H26O.C4H10O2.C2H6O2.C2H4/c1-3-5-7-9-11-13-12-10-8-6-4-2;1-4(5)3-6-2;3-1-2-4;1-2/h3-12H2,1-2H3;4-5H,3H2,1-2H3;3-4H,1-2H2;1-2H2. The molecule has 0 heterocycles. The summed E-state index contributed by atoms with van der Waals surface area (Å²) in [7, 11) is 1.56. The molecule has 5 heteroatoms. The predicted molar refractivity (Wildman–Crippen MR) is 108 cm³/mol. The van der Waals surface area contributed by atoms with Gasteiger partial charge in [-0.25, -0.2) is 0 Å². The van der Waals surface area contributed by atoms with Crippen LogP contribution in [0.5, 0.6) is 0 Å². The van der Waals surface area contributed by atoms with Crippen molar-refractivity contribution >= 4 is 0 Å². The summed E-state index contributed by atoms with van der Waals surface area (Å²) in [5.74, 6) is 0. The zero-order valence-corrected chi connectivity index (χ0v) is 17.3. The Hall–Kier alpha value is -0.460. The minimum absolute atomic E-state index is 0.125. The van der Waals surface area contributed by atoms with Gasteiger partial charge in [-0.15, -0.1) is 13.2 Å². The van der Waals surface area contributed by atoms with Crippen molar-refractivity contribution < 1.29 is 24.8 Å². The predicted octanol–water partition coefficient (Wildman–Crippen LogP) is 3.95. The van der Waals surface area contributed by atoms with E-state index in [0.29, 0.717) is 6.61 Å². The van der Waals surface area contributed by atoms with Gasteiger partial charge in [0.1, 0.15) is 0 Å². The highest BCUT2D eigenvalue weighted by atomic mass is 16.5. The number of ether oxygens (including phenoxy) is 2. The van der Waals surface area contributed by atoms with Crippen molar-refractivity contribution in [3.8, 4) is 0 Å². The van der Waals surface area contributed by atoms with Crippen LogP contribution in [0.4, 0.5) is 0 Å². The molecule has 0 aliphatic heterocycles. The van der Waals surface area contributed by atoms with Crippen LogP contribution in [0.1, 0.15) is 72.1 Å². The van der Waals surface area contributed by atoms with E-state index in [2.05, 4.69) is 31.7 Å². The largest absolute Gasteiger partial charge is 0.394 e. The van der Waals surface area contributed by atoms with Gasteiger partial charge in [0.05, 0.1) is 25.9 Å². The first kappa shape index (κ1) is 32.2. The Kier molecular flexibility index (Phi) is 50.1. The molecule has 3 N–H and O–H groups in total. The zero-order valence-electron chi connectivity index (χ0n) is 17.3. The van der Waals surface area contributed by atoms with Gasteiger partial charge in [0, 0.05) is 20.3 Å². The second-order valence-electron chi connectivity index (χ2n) is 5.49. The fraction of sp³-hybridized carbons (Fsp3) is 0.900. The van der Waals surface area contributed by atoms with Crippen LogP contribution in [0.15, 0.2) is 13.2 Å². The summed E-state index contributed by atoms with van der Waals surface area (Å²) in [5.41, 5.74) is 0. The SMILES string of the molecule is C=C.CCCCCCOCCCCCC.COCC(C)O.OCCO. The lowest BCUT2D eigenvalue weighted by atomic mass is 10.2. The molecular weight excluding hydrogens is 320 g/mol.